The van der Waals surface area contributed by atoms with Crippen molar-refractivity contribution < 1.29 is 4.39 Å². The molecule has 0 saturated heterocycles. The van der Waals surface area contributed by atoms with Crippen LogP contribution in [0.15, 0.2) is 24.3 Å². The summed E-state index contributed by atoms with van der Waals surface area (Å²) in [4.78, 5) is 0. The Morgan fingerprint density at radius 3 is 2.57 bits per heavy atom. The Hall–Kier alpha value is -0.600. The minimum absolute atomic E-state index is 0. The first kappa shape index (κ1) is 13.4. The van der Waals surface area contributed by atoms with Gasteiger partial charge in [0.15, 0.2) is 0 Å². The highest BCUT2D eigenvalue weighted by atomic mass is 35.5. The summed E-state index contributed by atoms with van der Waals surface area (Å²) in [6.07, 6.45) is 0.751. The van der Waals surface area contributed by atoms with Crippen LogP contribution in [0.3, 0.4) is 0 Å². The lowest BCUT2D eigenvalue weighted by molar-refractivity contribution is 0.540. The SMILES string of the molecule is CCNC(C)Cc1ccccc1F.Cl. The number of benzene rings is 1. The van der Waals surface area contributed by atoms with Crippen LogP contribution in [0.5, 0.6) is 0 Å². The van der Waals surface area contributed by atoms with E-state index in [0.717, 1.165) is 18.5 Å². The van der Waals surface area contributed by atoms with E-state index < -0.39 is 0 Å². The second-order valence-corrected chi connectivity index (χ2v) is 3.25. The van der Waals surface area contributed by atoms with Gasteiger partial charge in [-0.1, -0.05) is 25.1 Å². The van der Waals surface area contributed by atoms with Crippen LogP contribution in [0.4, 0.5) is 4.39 Å². The molecule has 0 bridgehead atoms. The molecule has 80 valence electrons. The Bertz CT molecular complexity index is 265. The van der Waals surface area contributed by atoms with Crippen molar-refractivity contribution in [3.8, 4) is 0 Å². The van der Waals surface area contributed by atoms with Crippen LogP contribution in [0.1, 0.15) is 19.4 Å². The molecular formula is C11H17ClFN. The van der Waals surface area contributed by atoms with E-state index in [2.05, 4.69) is 19.2 Å². The third-order valence-corrected chi connectivity index (χ3v) is 2.04. The predicted octanol–water partition coefficient (Wildman–Crippen LogP) is 2.79. The molecule has 0 radical (unpaired) electrons. The van der Waals surface area contributed by atoms with E-state index in [0.29, 0.717) is 6.04 Å². The topological polar surface area (TPSA) is 12.0 Å². The summed E-state index contributed by atoms with van der Waals surface area (Å²) in [6, 6.07) is 7.27. The highest BCUT2D eigenvalue weighted by Crippen LogP contribution is 2.08. The van der Waals surface area contributed by atoms with Gasteiger partial charge in [0.1, 0.15) is 5.82 Å². The summed E-state index contributed by atoms with van der Waals surface area (Å²) < 4.78 is 13.2. The molecule has 1 nitrogen and oxygen atoms in total. The lowest BCUT2D eigenvalue weighted by Crippen LogP contribution is -2.27. The largest absolute Gasteiger partial charge is 0.314 e. The maximum Gasteiger partial charge on any atom is 0.126 e. The van der Waals surface area contributed by atoms with Crippen molar-refractivity contribution in [3.63, 3.8) is 0 Å². The summed E-state index contributed by atoms with van der Waals surface area (Å²) in [5, 5.41) is 3.25. The van der Waals surface area contributed by atoms with Crippen LogP contribution < -0.4 is 5.32 Å². The van der Waals surface area contributed by atoms with Crippen molar-refractivity contribution in [3.05, 3.63) is 35.6 Å². The zero-order valence-electron chi connectivity index (χ0n) is 8.59. The smallest absolute Gasteiger partial charge is 0.126 e. The normalized spacial score (nSPS) is 11.9. The van der Waals surface area contributed by atoms with Gasteiger partial charge in [-0.15, -0.1) is 12.4 Å². The molecule has 14 heavy (non-hydrogen) atoms. The second kappa shape index (κ2) is 6.80. The summed E-state index contributed by atoms with van der Waals surface area (Å²) in [5.74, 6) is -0.104. The predicted molar refractivity (Wildman–Crippen MR) is 60.5 cm³/mol. The van der Waals surface area contributed by atoms with Crippen molar-refractivity contribution in [2.24, 2.45) is 0 Å². The minimum atomic E-state index is -0.104. The van der Waals surface area contributed by atoms with Crippen molar-refractivity contribution in [1.82, 2.24) is 5.32 Å². The van der Waals surface area contributed by atoms with Crippen LogP contribution in [0.2, 0.25) is 0 Å². The Morgan fingerprint density at radius 2 is 2.00 bits per heavy atom. The Balaban J connectivity index is 0.00000169. The Morgan fingerprint density at radius 1 is 1.36 bits per heavy atom. The number of hydrogen-bond donors (Lipinski definition) is 1. The summed E-state index contributed by atoms with van der Waals surface area (Å²) in [7, 11) is 0. The van der Waals surface area contributed by atoms with Gasteiger partial charge in [0.2, 0.25) is 0 Å². The van der Waals surface area contributed by atoms with E-state index in [-0.39, 0.29) is 18.2 Å². The molecule has 1 aromatic rings. The number of rotatable bonds is 4. The quantitative estimate of drug-likeness (QED) is 0.818. The standard InChI is InChI=1S/C11H16FN.ClH/c1-3-13-9(2)8-10-6-4-5-7-11(10)12;/h4-7,9,13H,3,8H2,1-2H3;1H. The van der Waals surface area contributed by atoms with Gasteiger partial charge in [-0.05, 0) is 31.5 Å². The first-order valence-electron chi connectivity index (χ1n) is 4.70. The molecule has 0 saturated carbocycles. The van der Waals surface area contributed by atoms with Gasteiger partial charge in [-0.2, -0.15) is 0 Å². The molecule has 0 spiro atoms. The van der Waals surface area contributed by atoms with E-state index in [1.54, 1.807) is 6.07 Å². The summed E-state index contributed by atoms with van der Waals surface area (Å²) >= 11 is 0. The molecule has 1 aromatic carbocycles. The van der Waals surface area contributed by atoms with Crippen LogP contribution in [0.25, 0.3) is 0 Å². The average molecular weight is 218 g/mol. The van der Waals surface area contributed by atoms with Gasteiger partial charge in [0.05, 0.1) is 0 Å². The fourth-order valence-corrected chi connectivity index (χ4v) is 1.41. The molecule has 0 fully saturated rings. The fraction of sp³-hybridized carbons (Fsp3) is 0.455. The number of nitrogens with one attached hydrogen (secondary N) is 1. The molecule has 0 aliphatic heterocycles. The molecule has 1 atom stereocenters. The first-order chi connectivity index (χ1) is 6.24. The van der Waals surface area contributed by atoms with Gasteiger partial charge < -0.3 is 5.32 Å². The zero-order valence-corrected chi connectivity index (χ0v) is 9.40. The van der Waals surface area contributed by atoms with Gasteiger partial charge in [0, 0.05) is 6.04 Å². The maximum absolute atomic E-state index is 13.2. The number of halogens is 2. The van der Waals surface area contributed by atoms with Crippen molar-refractivity contribution in [2.75, 3.05) is 6.54 Å². The van der Waals surface area contributed by atoms with Crippen molar-refractivity contribution >= 4 is 12.4 Å². The van der Waals surface area contributed by atoms with Gasteiger partial charge in [-0.3, -0.25) is 0 Å². The van der Waals surface area contributed by atoms with Crippen LogP contribution in [0, 0.1) is 5.82 Å². The van der Waals surface area contributed by atoms with Crippen LogP contribution in [-0.2, 0) is 6.42 Å². The molecule has 0 amide bonds. The number of likely N-dealkylation sites (N-methyl/N-ethyl adjacent to an activating group) is 1. The Labute approximate surface area is 91.1 Å². The fourth-order valence-electron chi connectivity index (χ4n) is 1.41. The van der Waals surface area contributed by atoms with Gasteiger partial charge in [-0.25, -0.2) is 4.39 Å². The van der Waals surface area contributed by atoms with Crippen molar-refractivity contribution in [2.45, 2.75) is 26.3 Å². The average Bonchev–Trinajstić information content (AvgIpc) is 2.09. The van der Waals surface area contributed by atoms with Crippen LogP contribution in [-0.4, -0.2) is 12.6 Å². The number of hydrogen-bond acceptors (Lipinski definition) is 1. The molecule has 3 heteroatoms. The third kappa shape index (κ3) is 4.07. The molecule has 1 unspecified atom stereocenters. The van der Waals surface area contributed by atoms with E-state index in [9.17, 15) is 4.39 Å². The monoisotopic (exact) mass is 217 g/mol. The lowest BCUT2D eigenvalue weighted by atomic mass is 10.1. The molecule has 0 aliphatic carbocycles. The van der Waals surface area contributed by atoms with Crippen molar-refractivity contribution in [1.29, 1.82) is 0 Å². The zero-order chi connectivity index (χ0) is 9.68. The highest BCUT2D eigenvalue weighted by molar-refractivity contribution is 5.85. The van der Waals surface area contributed by atoms with E-state index in [4.69, 9.17) is 0 Å². The molecule has 0 heterocycles. The molecule has 0 aromatic heterocycles. The van der Waals surface area contributed by atoms with E-state index >= 15 is 0 Å². The minimum Gasteiger partial charge on any atom is -0.314 e. The molecular weight excluding hydrogens is 201 g/mol. The first-order valence-corrected chi connectivity index (χ1v) is 4.70. The van der Waals surface area contributed by atoms with E-state index in [1.165, 1.54) is 6.07 Å². The summed E-state index contributed by atoms with van der Waals surface area (Å²) in [6.45, 7) is 5.05. The lowest BCUT2D eigenvalue weighted by Gasteiger charge is -2.12. The van der Waals surface area contributed by atoms with Crippen LogP contribution >= 0.6 is 12.4 Å². The Kier molecular flexibility index (Phi) is 6.50. The summed E-state index contributed by atoms with van der Waals surface area (Å²) in [5.41, 5.74) is 0.788. The molecule has 1 rings (SSSR count). The second-order valence-electron chi connectivity index (χ2n) is 3.25. The van der Waals surface area contributed by atoms with Gasteiger partial charge in [0.25, 0.3) is 0 Å². The highest BCUT2D eigenvalue weighted by Gasteiger charge is 2.05. The third-order valence-electron chi connectivity index (χ3n) is 2.04. The maximum atomic E-state index is 13.2. The van der Waals surface area contributed by atoms with E-state index in [1.807, 2.05) is 12.1 Å². The van der Waals surface area contributed by atoms with Gasteiger partial charge >= 0.3 is 0 Å². The molecule has 0 aliphatic rings. The molecule has 1 N–H and O–H groups in total.